The molecule has 0 spiro atoms. The van der Waals surface area contributed by atoms with Crippen molar-refractivity contribution in [1.82, 2.24) is 5.32 Å². The van der Waals surface area contributed by atoms with Crippen molar-refractivity contribution >= 4 is 5.78 Å². The Kier molecular flexibility index (Phi) is 6.76. The van der Waals surface area contributed by atoms with E-state index in [0.717, 1.165) is 12.1 Å². The van der Waals surface area contributed by atoms with Gasteiger partial charge in [0.2, 0.25) is 0 Å². The molecule has 0 rings (SSSR count). The van der Waals surface area contributed by atoms with E-state index in [4.69, 9.17) is 0 Å². The first-order chi connectivity index (χ1) is 6.97. The molecule has 0 unspecified atom stereocenters. The predicted octanol–water partition coefficient (Wildman–Crippen LogP) is 3.06. The fourth-order valence-electron chi connectivity index (χ4n) is 1.04. The van der Waals surface area contributed by atoms with Crippen LogP contribution in [0.15, 0.2) is 23.9 Å². The number of nitrogens with one attached hydrogen (secondary N) is 1. The van der Waals surface area contributed by atoms with Gasteiger partial charge in [-0.15, -0.1) is 0 Å². The molecule has 2 heteroatoms. The first-order valence-corrected chi connectivity index (χ1v) is 5.66. The fourth-order valence-corrected chi connectivity index (χ4v) is 1.04. The summed E-state index contributed by atoms with van der Waals surface area (Å²) < 4.78 is 0. The normalized spacial score (nSPS) is 12.9. The highest BCUT2D eigenvalue weighted by molar-refractivity contribution is 5.92. The molecule has 0 aromatic heterocycles. The number of carbonyl (C=O) groups excluding carboxylic acids is 1. The molecule has 0 aromatic rings. The molecule has 0 amide bonds. The van der Waals surface area contributed by atoms with E-state index in [1.807, 2.05) is 19.9 Å². The Hall–Kier alpha value is -1.05. The van der Waals surface area contributed by atoms with Crippen molar-refractivity contribution in [3.05, 3.63) is 23.9 Å². The van der Waals surface area contributed by atoms with Crippen molar-refractivity contribution < 1.29 is 4.79 Å². The average Bonchev–Trinajstić information content (AvgIpc) is 2.13. The molecule has 0 fully saturated rings. The zero-order chi connectivity index (χ0) is 11.8. The number of hydrogen-bond acceptors (Lipinski definition) is 2. The quantitative estimate of drug-likeness (QED) is 0.538. The van der Waals surface area contributed by atoms with Crippen molar-refractivity contribution in [3.63, 3.8) is 0 Å². The van der Waals surface area contributed by atoms with Gasteiger partial charge < -0.3 is 5.32 Å². The van der Waals surface area contributed by atoms with Crippen molar-refractivity contribution in [3.8, 4) is 0 Å². The average molecular weight is 209 g/mol. The van der Waals surface area contributed by atoms with Crippen LogP contribution in [0, 0.1) is 5.92 Å². The van der Waals surface area contributed by atoms with E-state index in [-0.39, 0.29) is 11.7 Å². The van der Waals surface area contributed by atoms with E-state index in [0.29, 0.717) is 6.04 Å². The summed E-state index contributed by atoms with van der Waals surface area (Å²) in [4.78, 5) is 11.5. The number of ketones is 1. The maximum Gasteiger partial charge on any atom is 0.160 e. The standard InChI is InChI=1S/C13H23NO/c1-6-7-8-12(14-11(4)5)9-13(15)10(2)3/h7-11,14H,6H2,1-5H3/b8-7+,12-9-. The second kappa shape index (κ2) is 7.27. The largest absolute Gasteiger partial charge is 0.383 e. The second-order valence-corrected chi connectivity index (χ2v) is 4.27. The lowest BCUT2D eigenvalue weighted by Crippen LogP contribution is -2.22. The summed E-state index contributed by atoms with van der Waals surface area (Å²) >= 11 is 0. The minimum absolute atomic E-state index is 0.0592. The third kappa shape index (κ3) is 6.95. The molecular formula is C13H23NO. The lowest BCUT2D eigenvalue weighted by molar-refractivity contribution is -0.117. The molecule has 0 heterocycles. The highest BCUT2D eigenvalue weighted by atomic mass is 16.1. The van der Waals surface area contributed by atoms with E-state index in [1.54, 1.807) is 6.08 Å². The van der Waals surface area contributed by atoms with Gasteiger partial charge >= 0.3 is 0 Å². The van der Waals surface area contributed by atoms with Gasteiger partial charge in [0.15, 0.2) is 5.78 Å². The monoisotopic (exact) mass is 209 g/mol. The molecule has 0 aliphatic heterocycles. The minimum Gasteiger partial charge on any atom is -0.383 e. The van der Waals surface area contributed by atoms with Crippen LogP contribution in [-0.4, -0.2) is 11.8 Å². The van der Waals surface area contributed by atoms with Crippen LogP contribution in [0.5, 0.6) is 0 Å². The molecule has 1 N–H and O–H groups in total. The van der Waals surface area contributed by atoms with Crippen LogP contribution in [0.25, 0.3) is 0 Å². The van der Waals surface area contributed by atoms with Crippen molar-refractivity contribution in [2.75, 3.05) is 0 Å². The van der Waals surface area contributed by atoms with Crippen LogP contribution < -0.4 is 5.32 Å². The van der Waals surface area contributed by atoms with Crippen molar-refractivity contribution in [2.24, 2.45) is 5.92 Å². The van der Waals surface area contributed by atoms with Crippen LogP contribution in [-0.2, 0) is 4.79 Å². The lowest BCUT2D eigenvalue weighted by atomic mass is 10.1. The first kappa shape index (κ1) is 13.9. The number of hydrogen-bond donors (Lipinski definition) is 1. The summed E-state index contributed by atoms with van der Waals surface area (Å²) in [6.45, 7) is 10.0. The van der Waals surface area contributed by atoms with Gasteiger partial charge in [0.05, 0.1) is 0 Å². The lowest BCUT2D eigenvalue weighted by Gasteiger charge is -2.11. The SMILES string of the molecule is CC/C=C/C(=C/C(=O)C(C)C)NC(C)C. The molecule has 0 aliphatic rings. The second-order valence-electron chi connectivity index (χ2n) is 4.27. The van der Waals surface area contributed by atoms with E-state index >= 15 is 0 Å². The fraction of sp³-hybridized carbons (Fsp3) is 0.615. The van der Waals surface area contributed by atoms with E-state index in [1.165, 1.54) is 0 Å². The van der Waals surface area contributed by atoms with Gasteiger partial charge in [0.25, 0.3) is 0 Å². The first-order valence-electron chi connectivity index (χ1n) is 5.66. The van der Waals surface area contributed by atoms with Gasteiger partial charge in [-0.05, 0) is 26.3 Å². The summed E-state index contributed by atoms with van der Waals surface area (Å²) in [5, 5.41) is 3.25. The molecular weight excluding hydrogens is 186 g/mol. The van der Waals surface area contributed by atoms with Crippen LogP contribution in [0.1, 0.15) is 41.0 Å². The molecule has 15 heavy (non-hydrogen) atoms. The van der Waals surface area contributed by atoms with Crippen LogP contribution >= 0.6 is 0 Å². The Morgan fingerprint density at radius 3 is 2.27 bits per heavy atom. The van der Waals surface area contributed by atoms with E-state index in [2.05, 4.69) is 32.2 Å². The van der Waals surface area contributed by atoms with Gasteiger partial charge in [-0.1, -0.05) is 26.8 Å². The zero-order valence-corrected chi connectivity index (χ0v) is 10.5. The van der Waals surface area contributed by atoms with Gasteiger partial charge in [-0.3, -0.25) is 4.79 Å². The van der Waals surface area contributed by atoms with Crippen LogP contribution in [0.4, 0.5) is 0 Å². The van der Waals surface area contributed by atoms with Crippen LogP contribution in [0.2, 0.25) is 0 Å². The Morgan fingerprint density at radius 1 is 1.27 bits per heavy atom. The van der Waals surface area contributed by atoms with E-state index in [9.17, 15) is 4.79 Å². The van der Waals surface area contributed by atoms with Gasteiger partial charge in [-0.2, -0.15) is 0 Å². The predicted molar refractivity (Wildman–Crippen MR) is 65.6 cm³/mol. The molecule has 0 aliphatic carbocycles. The Labute approximate surface area is 93.5 Å². The molecule has 0 atom stereocenters. The maximum atomic E-state index is 11.5. The molecule has 2 nitrogen and oxygen atoms in total. The van der Waals surface area contributed by atoms with Crippen molar-refractivity contribution in [1.29, 1.82) is 0 Å². The molecule has 0 aromatic carbocycles. The van der Waals surface area contributed by atoms with E-state index < -0.39 is 0 Å². The Bertz CT molecular complexity index is 249. The maximum absolute atomic E-state index is 11.5. The summed E-state index contributed by atoms with van der Waals surface area (Å²) in [7, 11) is 0. The molecule has 0 radical (unpaired) electrons. The zero-order valence-electron chi connectivity index (χ0n) is 10.5. The van der Waals surface area contributed by atoms with Gasteiger partial charge in [0, 0.05) is 23.7 Å². The Morgan fingerprint density at radius 2 is 1.87 bits per heavy atom. The Balaban J connectivity index is 4.61. The third-order valence-electron chi connectivity index (χ3n) is 1.86. The molecule has 86 valence electrons. The third-order valence-corrected chi connectivity index (χ3v) is 1.86. The summed E-state index contributed by atoms with van der Waals surface area (Å²) in [6, 6.07) is 0.345. The molecule has 0 saturated heterocycles. The van der Waals surface area contributed by atoms with Gasteiger partial charge in [-0.25, -0.2) is 0 Å². The number of allylic oxidation sites excluding steroid dienone is 3. The van der Waals surface area contributed by atoms with Crippen LogP contribution in [0.3, 0.4) is 0 Å². The highest BCUT2D eigenvalue weighted by Crippen LogP contribution is 2.02. The molecule has 0 bridgehead atoms. The minimum atomic E-state index is 0.0592. The summed E-state index contributed by atoms with van der Waals surface area (Å²) in [5.74, 6) is 0.225. The number of carbonyl (C=O) groups is 1. The van der Waals surface area contributed by atoms with Crippen molar-refractivity contribution in [2.45, 2.75) is 47.1 Å². The van der Waals surface area contributed by atoms with Gasteiger partial charge in [0.1, 0.15) is 0 Å². The molecule has 0 saturated carbocycles. The topological polar surface area (TPSA) is 29.1 Å². The summed E-state index contributed by atoms with van der Waals surface area (Å²) in [5.41, 5.74) is 0.908. The highest BCUT2D eigenvalue weighted by Gasteiger charge is 2.05. The smallest absolute Gasteiger partial charge is 0.160 e. The summed E-state index contributed by atoms with van der Waals surface area (Å²) in [6.07, 6.45) is 6.69. The number of rotatable bonds is 6.